The molecule has 1 aromatic rings. The summed E-state index contributed by atoms with van der Waals surface area (Å²) >= 11 is 0. The van der Waals surface area contributed by atoms with E-state index in [1.165, 1.54) is 6.92 Å². The summed E-state index contributed by atoms with van der Waals surface area (Å²) in [5, 5.41) is 2.75. The molecule has 4 nitrogen and oxygen atoms in total. The summed E-state index contributed by atoms with van der Waals surface area (Å²) < 4.78 is 5.43. The van der Waals surface area contributed by atoms with Gasteiger partial charge in [-0.25, -0.2) is 0 Å². The van der Waals surface area contributed by atoms with Gasteiger partial charge in [0, 0.05) is 12.1 Å². The van der Waals surface area contributed by atoms with E-state index in [-0.39, 0.29) is 18.1 Å². The number of benzene rings is 1. The lowest BCUT2D eigenvalue weighted by Gasteiger charge is -2.17. The van der Waals surface area contributed by atoms with Gasteiger partial charge in [-0.05, 0) is 44.4 Å². The smallest absolute Gasteiger partial charge is 0.227 e. The molecule has 0 saturated heterocycles. The van der Waals surface area contributed by atoms with Crippen molar-refractivity contribution in [3.63, 3.8) is 0 Å². The van der Waals surface area contributed by atoms with E-state index >= 15 is 0 Å². The first-order valence-electron chi connectivity index (χ1n) is 6.26. The number of ketones is 1. The highest BCUT2D eigenvalue weighted by molar-refractivity contribution is 5.96. The van der Waals surface area contributed by atoms with E-state index in [1.807, 2.05) is 20.8 Å². The average Bonchev–Trinajstić information content (AvgIpc) is 2.31. The summed E-state index contributed by atoms with van der Waals surface area (Å²) in [6.45, 7) is 7.79. The number of amides is 1. The molecule has 19 heavy (non-hydrogen) atoms. The van der Waals surface area contributed by atoms with Crippen LogP contribution in [0.4, 0.5) is 0 Å². The van der Waals surface area contributed by atoms with Crippen molar-refractivity contribution < 1.29 is 14.3 Å². The predicted octanol–water partition coefficient (Wildman–Crippen LogP) is 2.22. The molecule has 0 aromatic heterocycles. The van der Waals surface area contributed by atoms with Gasteiger partial charge in [-0.1, -0.05) is 6.07 Å². The number of hydrogen-bond acceptors (Lipinski definition) is 3. The van der Waals surface area contributed by atoms with Crippen LogP contribution in [0.25, 0.3) is 0 Å². The van der Waals surface area contributed by atoms with Gasteiger partial charge < -0.3 is 10.1 Å². The molecule has 0 unspecified atom stereocenters. The van der Waals surface area contributed by atoms with E-state index in [0.717, 1.165) is 28.0 Å². The Labute approximate surface area is 114 Å². The second kappa shape index (κ2) is 6.36. The van der Waals surface area contributed by atoms with E-state index in [2.05, 4.69) is 11.4 Å². The third kappa shape index (κ3) is 3.81. The number of rotatable bonds is 5. The summed E-state index contributed by atoms with van der Waals surface area (Å²) in [6.07, 6.45) is -0.0772. The zero-order valence-electron chi connectivity index (χ0n) is 12.2. The van der Waals surface area contributed by atoms with E-state index in [4.69, 9.17) is 4.74 Å². The number of carbonyl (C=O) groups is 2. The summed E-state index contributed by atoms with van der Waals surface area (Å²) in [5.74, 6) is 0.411. The number of aryl methyl sites for hydroxylation is 2. The largest absolute Gasteiger partial charge is 0.496 e. The lowest BCUT2D eigenvalue weighted by Crippen LogP contribution is -2.25. The molecule has 0 atom stereocenters. The van der Waals surface area contributed by atoms with Crippen molar-refractivity contribution in [2.24, 2.45) is 0 Å². The maximum atomic E-state index is 11.5. The molecule has 104 valence electrons. The van der Waals surface area contributed by atoms with Crippen LogP contribution in [0.15, 0.2) is 6.07 Å². The maximum Gasteiger partial charge on any atom is 0.227 e. The standard InChI is InChI=1S/C15H21NO3/c1-9-6-10(2)13(15(19-5)12(9)4)8-16-14(18)7-11(3)17/h6H,7-8H2,1-5H3,(H,16,18). The fraction of sp³-hybridized carbons (Fsp3) is 0.467. The van der Waals surface area contributed by atoms with Gasteiger partial charge in [-0.3, -0.25) is 9.59 Å². The van der Waals surface area contributed by atoms with Crippen LogP contribution in [-0.2, 0) is 16.1 Å². The van der Waals surface area contributed by atoms with E-state index in [0.29, 0.717) is 6.54 Å². The molecular formula is C15H21NO3. The zero-order chi connectivity index (χ0) is 14.6. The van der Waals surface area contributed by atoms with Crippen LogP contribution in [0.2, 0.25) is 0 Å². The molecule has 0 aliphatic rings. The quantitative estimate of drug-likeness (QED) is 0.829. The number of ether oxygens (including phenoxy) is 1. The van der Waals surface area contributed by atoms with Crippen molar-refractivity contribution in [1.29, 1.82) is 0 Å². The van der Waals surface area contributed by atoms with Gasteiger partial charge in [-0.15, -0.1) is 0 Å². The van der Waals surface area contributed by atoms with Crippen LogP contribution in [0.1, 0.15) is 35.6 Å². The fourth-order valence-corrected chi connectivity index (χ4v) is 2.08. The molecule has 1 rings (SSSR count). The molecule has 0 spiro atoms. The van der Waals surface area contributed by atoms with Crippen molar-refractivity contribution in [3.05, 3.63) is 28.3 Å². The van der Waals surface area contributed by atoms with Gasteiger partial charge >= 0.3 is 0 Å². The Morgan fingerprint density at radius 2 is 1.84 bits per heavy atom. The number of nitrogens with one attached hydrogen (secondary N) is 1. The van der Waals surface area contributed by atoms with Gasteiger partial charge in [-0.2, -0.15) is 0 Å². The molecule has 1 aromatic carbocycles. The number of hydrogen-bond donors (Lipinski definition) is 1. The van der Waals surface area contributed by atoms with Gasteiger partial charge in [0.15, 0.2) is 0 Å². The normalized spacial score (nSPS) is 10.2. The topological polar surface area (TPSA) is 55.4 Å². The Balaban J connectivity index is 2.92. The highest BCUT2D eigenvalue weighted by Crippen LogP contribution is 2.29. The lowest BCUT2D eigenvalue weighted by molar-refractivity contribution is -0.127. The minimum Gasteiger partial charge on any atom is -0.496 e. The lowest BCUT2D eigenvalue weighted by atomic mass is 9.99. The Hall–Kier alpha value is -1.84. The SMILES string of the molecule is COc1c(C)c(C)cc(C)c1CNC(=O)CC(C)=O. The number of methoxy groups -OCH3 is 1. The van der Waals surface area contributed by atoms with Gasteiger partial charge in [0.2, 0.25) is 5.91 Å². The van der Waals surface area contributed by atoms with Crippen molar-refractivity contribution in [2.75, 3.05) is 7.11 Å². The van der Waals surface area contributed by atoms with Gasteiger partial charge in [0.1, 0.15) is 11.5 Å². The van der Waals surface area contributed by atoms with E-state index < -0.39 is 0 Å². The zero-order valence-corrected chi connectivity index (χ0v) is 12.2. The van der Waals surface area contributed by atoms with Crippen molar-refractivity contribution >= 4 is 11.7 Å². The molecule has 0 radical (unpaired) electrons. The molecule has 0 saturated carbocycles. The highest BCUT2D eigenvalue weighted by Gasteiger charge is 2.13. The Morgan fingerprint density at radius 1 is 1.21 bits per heavy atom. The summed E-state index contributed by atoms with van der Waals surface area (Å²) in [6, 6.07) is 2.07. The van der Waals surface area contributed by atoms with Gasteiger partial charge in [0.05, 0.1) is 13.5 Å². The molecule has 1 amide bonds. The van der Waals surface area contributed by atoms with Crippen LogP contribution in [0.3, 0.4) is 0 Å². The average molecular weight is 263 g/mol. The molecular weight excluding hydrogens is 242 g/mol. The minimum atomic E-state index is -0.257. The summed E-state index contributed by atoms with van der Waals surface area (Å²) in [4.78, 5) is 22.4. The summed E-state index contributed by atoms with van der Waals surface area (Å²) in [7, 11) is 1.63. The van der Waals surface area contributed by atoms with E-state index in [9.17, 15) is 9.59 Å². The monoisotopic (exact) mass is 263 g/mol. The third-order valence-electron chi connectivity index (χ3n) is 3.19. The first-order valence-corrected chi connectivity index (χ1v) is 6.26. The third-order valence-corrected chi connectivity index (χ3v) is 3.19. The van der Waals surface area contributed by atoms with Crippen LogP contribution in [-0.4, -0.2) is 18.8 Å². The second-order valence-electron chi connectivity index (χ2n) is 4.80. The molecule has 4 heteroatoms. The van der Waals surface area contributed by atoms with Crippen LogP contribution in [0, 0.1) is 20.8 Å². The van der Waals surface area contributed by atoms with Crippen LogP contribution < -0.4 is 10.1 Å². The molecule has 0 aliphatic heterocycles. The Bertz CT molecular complexity index is 507. The predicted molar refractivity (Wildman–Crippen MR) is 74.3 cm³/mol. The maximum absolute atomic E-state index is 11.5. The van der Waals surface area contributed by atoms with Crippen LogP contribution >= 0.6 is 0 Å². The Morgan fingerprint density at radius 3 is 2.37 bits per heavy atom. The number of carbonyl (C=O) groups excluding carboxylic acids is 2. The van der Waals surface area contributed by atoms with Gasteiger partial charge in [0.25, 0.3) is 0 Å². The highest BCUT2D eigenvalue weighted by atomic mass is 16.5. The molecule has 1 N–H and O–H groups in total. The van der Waals surface area contributed by atoms with Crippen molar-refractivity contribution in [1.82, 2.24) is 5.32 Å². The minimum absolute atomic E-state index is 0.0772. The summed E-state index contributed by atoms with van der Waals surface area (Å²) in [5.41, 5.74) is 4.27. The second-order valence-corrected chi connectivity index (χ2v) is 4.80. The molecule has 0 bridgehead atoms. The van der Waals surface area contributed by atoms with Crippen molar-refractivity contribution in [3.8, 4) is 5.75 Å². The molecule has 0 fully saturated rings. The van der Waals surface area contributed by atoms with Crippen LogP contribution in [0.5, 0.6) is 5.75 Å². The first kappa shape index (κ1) is 15.2. The first-order chi connectivity index (χ1) is 8.86. The fourth-order valence-electron chi connectivity index (χ4n) is 2.08. The molecule has 0 aliphatic carbocycles. The number of Topliss-reactive ketones (excluding diaryl/α,β-unsaturated/α-hetero) is 1. The Kier molecular flexibility index (Phi) is 5.10. The van der Waals surface area contributed by atoms with Crippen molar-refractivity contribution in [2.45, 2.75) is 40.7 Å². The molecule has 0 heterocycles. The van der Waals surface area contributed by atoms with E-state index in [1.54, 1.807) is 7.11 Å².